The third kappa shape index (κ3) is 1.31. The molecule has 0 aromatic rings. The quantitative estimate of drug-likeness (QED) is 0.296. The van der Waals surface area contributed by atoms with E-state index < -0.39 is 22.5 Å². The second-order valence-corrected chi connectivity index (χ2v) is 2.16. The highest BCUT2D eigenvalue weighted by atomic mass is 16.6. The Labute approximate surface area is 61.8 Å². The summed E-state index contributed by atoms with van der Waals surface area (Å²) < 4.78 is 0. The maximum atomic E-state index is 10.7. The van der Waals surface area contributed by atoms with Crippen molar-refractivity contribution in [1.29, 1.82) is 0 Å². The minimum absolute atomic E-state index is 0.0165. The molecule has 0 aromatic carbocycles. The van der Waals surface area contributed by atoms with Gasteiger partial charge in [-0.05, 0) is 6.08 Å². The lowest BCUT2D eigenvalue weighted by molar-refractivity contribution is -0.492. The normalized spacial score (nSPS) is 23.8. The Hall–Kier alpha value is -1.52. The Balaban J connectivity index is 2.92. The molecule has 0 saturated heterocycles. The Bertz CT molecular complexity index is 255. The molecule has 0 spiro atoms. The number of hydrogen-bond acceptors (Lipinski definition) is 4. The summed E-state index contributed by atoms with van der Waals surface area (Å²) >= 11 is 0. The summed E-state index contributed by atoms with van der Waals surface area (Å²) in [5.74, 6) is -1.37. The number of ketones is 2. The van der Waals surface area contributed by atoms with E-state index in [1.165, 1.54) is 6.08 Å². The maximum absolute atomic E-state index is 10.7. The molecule has 11 heavy (non-hydrogen) atoms. The number of carbonyl (C=O) groups excluding carboxylic acids is 2. The van der Waals surface area contributed by atoms with E-state index in [0.717, 1.165) is 6.08 Å². The summed E-state index contributed by atoms with van der Waals surface area (Å²) in [6.07, 6.45) is 2.40. The molecule has 58 valence electrons. The van der Waals surface area contributed by atoms with Gasteiger partial charge in [-0.25, -0.2) is 0 Å². The van der Waals surface area contributed by atoms with Crippen LogP contribution in [0.2, 0.25) is 0 Å². The monoisotopic (exact) mass is 155 g/mol. The summed E-state index contributed by atoms with van der Waals surface area (Å²) in [5.41, 5.74) is 0. The number of allylic oxidation sites excluding steroid dienone is 1. The Kier molecular flexibility index (Phi) is 1.80. The van der Waals surface area contributed by atoms with Gasteiger partial charge < -0.3 is 0 Å². The van der Waals surface area contributed by atoms with Gasteiger partial charge in [0.25, 0.3) is 0 Å². The molecule has 0 aromatic heterocycles. The average molecular weight is 155 g/mol. The molecule has 5 nitrogen and oxygen atoms in total. The van der Waals surface area contributed by atoms with Crippen molar-refractivity contribution in [2.24, 2.45) is 0 Å². The molecule has 0 saturated carbocycles. The average Bonchev–Trinajstić information content (AvgIpc) is 1.85. The van der Waals surface area contributed by atoms with Crippen LogP contribution in [0.15, 0.2) is 12.2 Å². The highest BCUT2D eigenvalue weighted by Gasteiger charge is 2.37. The molecule has 0 fully saturated rings. The molecule has 0 radical (unpaired) electrons. The van der Waals surface area contributed by atoms with Crippen molar-refractivity contribution in [3.8, 4) is 0 Å². The first-order chi connectivity index (χ1) is 5.13. The predicted octanol–water partition coefficient (Wildman–Crippen LogP) is -0.270. The third-order valence-electron chi connectivity index (χ3n) is 1.39. The molecule has 0 bridgehead atoms. The van der Waals surface area contributed by atoms with Crippen LogP contribution < -0.4 is 0 Å². The van der Waals surface area contributed by atoms with Crippen molar-refractivity contribution >= 4 is 11.6 Å². The van der Waals surface area contributed by atoms with Gasteiger partial charge in [0.15, 0.2) is 0 Å². The van der Waals surface area contributed by atoms with E-state index in [9.17, 15) is 19.7 Å². The number of carbonyl (C=O) groups is 2. The first-order valence-corrected chi connectivity index (χ1v) is 2.99. The van der Waals surface area contributed by atoms with Gasteiger partial charge in [-0.1, -0.05) is 6.08 Å². The van der Waals surface area contributed by atoms with E-state index in [-0.39, 0.29) is 6.42 Å². The lowest BCUT2D eigenvalue weighted by Gasteiger charge is -2.06. The maximum Gasteiger partial charge on any atom is 0.331 e. The molecule has 0 heterocycles. The van der Waals surface area contributed by atoms with Crippen molar-refractivity contribution in [2.45, 2.75) is 12.5 Å². The topological polar surface area (TPSA) is 77.3 Å². The van der Waals surface area contributed by atoms with E-state index in [1.807, 2.05) is 0 Å². The fraction of sp³-hybridized carbons (Fsp3) is 0.333. The fourth-order valence-electron chi connectivity index (χ4n) is 0.874. The molecule has 5 heteroatoms. The van der Waals surface area contributed by atoms with Crippen LogP contribution in [0, 0.1) is 10.1 Å². The number of nitro groups is 1. The van der Waals surface area contributed by atoms with Crippen LogP contribution in [0.1, 0.15) is 6.42 Å². The third-order valence-corrected chi connectivity index (χ3v) is 1.39. The van der Waals surface area contributed by atoms with Crippen LogP contribution in [0.4, 0.5) is 0 Å². The van der Waals surface area contributed by atoms with Crippen molar-refractivity contribution < 1.29 is 14.5 Å². The van der Waals surface area contributed by atoms with E-state index in [0.29, 0.717) is 0 Å². The Morgan fingerprint density at radius 3 is 2.55 bits per heavy atom. The van der Waals surface area contributed by atoms with E-state index in [1.54, 1.807) is 0 Å². The molecule has 0 aliphatic heterocycles. The lowest BCUT2D eigenvalue weighted by atomic mass is 10.0. The van der Waals surface area contributed by atoms with Gasteiger partial charge in [-0.15, -0.1) is 0 Å². The van der Waals surface area contributed by atoms with Gasteiger partial charge in [0.2, 0.25) is 11.6 Å². The second kappa shape index (κ2) is 2.61. The smallest absolute Gasteiger partial charge is 0.291 e. The fourth-order valence-corrected chi connectivity index (χ4v) is 0.874. The van der Waals surface area contributed by atoms with Gasteiger partial charge in [0.05, 0.1) is 0 Å². The first kappa shape index (κ1) is 7.59. The van der Waals surface area contributed by atoms with Crippen molar-refractivity contribution in [3.05, 3.63) is 22.3 Å². The van der Waals surface area contributed by atoms with E-state index in [4.69, 9.17) is 0 Å². The van der Waals surface area contributed by atoms with Crippen LogP contribution in [0.25, 0.3) is 0 Å². The molecular formula is C6H5NO4. The van der Waals surface area contributed by atoms with Crippen molar-refractivity contribution in [1.82, 2.24) is 0 Å². The van der Waals surface area contributed by atoms with Gasteiger partial charge in [-0.3, -0.25) is 19.7 Å². The van der Waals surface area contributed by atoms with Gasteiger partial charge in [0.1, 0.15) is 0 Å². The summed E-state index contributed by atoms with van der Waals surface area (Å²) in [7, 11) is 0. The van der Waals surface area contributed by atoms with Gasteiger partial charge in [0, 0.05) is 11.3 Å². The molecule has 1 aliphatic carbocycles. The molecular weight excluding hydrogens is 150 g/mol. The summed E-state index contributed by atoms with van der Waals surface area (Å²) in [6, 6.07) is -1.65. The number of hydrogen-bond donors (Lipinski definition) is 0. The van der Waals surface area contributed by atoms with E-state index >= 15 is 0 Å². The zero-order valence-electron chi connectivity index (χ0n) is 5.52. The standard InChI is InChI=1S/C6H5NO4/c8-4-2-1-3-5(9)6(4)7(10)11/h1-2,6H,3H2. The van der Waals surface area contributed by atoms with Crippen LogP contribution in [-0.4, -0.2) is 22.5 Å². The molecule has 0 N–H and O–H groups in total. The minimum atomic E-state index is -1.65. The SMILES string of the molecule is O=C1C=CCC(=O)C1[N+](=O)[O-]. The Morgan fingerprint density at radius 2 is 2.18 bits per heavy atom. The highest BCUT2D eigenvalue weighted by molar-refractivity contribution is 6.12. The van der Waals surface area contributed by atoms with Crippen molar-refractivity contribution in [2.75, 3.05) is 0 Å². The number of rotatable bonds is 1. The van der Waals surface area contributed by atoms with Crippen LogP contribution in [-0.2, 0) is 9.59 Å². The molecule has 1 aliphatic rings. The predicted molar refractivity (Wildman–Crippen MR) is 34.6 cm³/mol. The zero-order chi connectivity index (χ0) is 8.43. The Morgan fingerprint density at radius 1 is 1.55 bits per heavy atom. The second-order valence-electron chi connectivity index (χ2n) is 2.16. The summed E-state index contributed by atoms with van der Waals surface area (Å²) in [5, 5.41) is 10.1. The number of nitrogens with zero attached hydrogens (tertiary/aromatic N) is 1. The lowest BCUT2D eigenvalue weighted by Crippen LogP contribution is -2.38. The highest BCUT2D eigenvalue weighted by Crippen LogP contribution is 2.06. The van der Waals surface area contributed by atoms with Crippen LogP contribution in [0.5, 0.6) is 0 Å². The van der Waals surface area contributed by atoms with Crippen LogP contribution >= 0.6 is 0 Å². The van der Waals surface area contributed by atoms with Crippen LogP contribution in [0.3, 0.4) is 0 Å². The molecule has 1 unspecified atom stereocenters. The molecule has 0 amide bonds. The largest absolute Gasteiger partial charge is 0.331 e. The zero-order valence-corrected chi connectivity index (χ0v) is 5.52. The van der Waals surface area contributed by atoms with Gasteiger partial charge in [-0.2, -0.15) is 0 Å². The minimum Gasteiger partial charge on any atom is -0.291 e. The van der Waals surface area contributed by atoms with E-state index in [2.05, 4.69) is 0 Å². The van der Waals surface area contributed by atoms with Gasteiger partial charge >= 0.3 is 6.04 Å². The number of Topliss-reactive ketones (excluding diaryl/α,β-unsaturated/α-hetero) is 1. The molecule has 1 rings (SSSR count). The summed E-state index contributed by atoms with van der Waals surface area (Å²) in [6.45, 7) is 0. The summed E-state index contributed by atoms with van der Waals surface area (Å²) in [4.78, 5) is 30.7. The molecule has 1 atom stereocenters. The van der Waals surface area contributed by atoms with Crippen molar-refractivity contribution in [3.63, 3.8) is 0 Å². The first-order valence-electron chi connectivity index (χ1n) is 2.99.